The van der Waals surface area contributed by atoms with E-state index in [0.29, 0.717) is 17.7 Å². The van der Waals surface area contributed by atoms with E-state index in [9.17, 15) is 10.2 Å². The molecule has 0 amide bonds. The van der Waals surface area contributed by atoms with E-state index in [1.165, 1.54) is 0 Å². The van der Waals surface area contributed by atoms with Gasteiger partial charge in [0.25, 0.3) is 0 Å². The Labute approximate surface area is 171 Å². The van der Waals surface area contributed by atoms with Crippen LogP contribution >= 0.6 is 0 Å². The van der Waals surface area contributed by atoms with Crippen molar-refractivity contribution in [3.05, 3.63) is 42.0 Å². The van der Waals surface area contributed by atoms with Crippen molar-refractivity contribution in [2.24, 2.45) is 0 Å². The first-order chi connectivity index (χ1) is 13.8. The Kier molecular flexibility index (Phi) is 4.69. The highest BCUT2D eigenvalue weighted by Crippen LogP contribution is 2.57. The van der Waals surface area contributed by atoms with Gasteiger partial charge in [0.15, 0.2) is 11.5 Å². The fraction of sp³-hybridized carbons (Fsp3) is 0.333. The molecule has 0 spiro atoms. The minimum absolute atomic E-state index is 0.00628. The lowest BCUT2D eigenvalue weighted by Gasteiger charge is -2.33. The van der Waals surface area contributed by atoms with Crippen LogP contribution in [0.25, 0.3) is 21.9 Å². The molecule has 0 saturated heterocycles. The average Bonchev–Trinajstić information content (AvgIpc) is 2.67. The zero-order valence-electron chi connectivity index (χ0n) is 17.5. The van der Waals surface area contributed by atoms with Gasteiger partial charge in [-0.1, -0.05) is 36.4 Å². The van der Waals surface area contributed by atoms with Crippen molar-refractivity contribution in [2.75, 3.05) is 11.9 Å². The van der Waals surface area contributed by atoms with Crippen molar-refractivity contribution in [3.63, 3.8) is 0 Å². The zero-order valence-corrected chi connectivity index (χ0v) is 17.5. The molecule has 0 fully saturated rings. The molecule has 3 aromatic rings. The van der Waals surface area contributed by atoms with Crippen molar-refractivity contribution < 1.29 is 19.7 Å². The number of aromatic hydroxyl groups is 2. The molecule has 3 aromatic carbocycles. The molecule has 0 aromatic heterocycles. The predicted octanol–water partition coefficient (Wildman–Crippen LogP) is 5.44. The maximum Gasteiger partial charge on any atom is 0.208 e. The third kappa shape index (κ3) is 3.11. The summed E-state index contributed by atoms with van der Waals surface area (Å²) >= 11 is 0. The number of rotatable bonds is 4. The summed E-state index contributed by atoms with van der Waals surface area (Å²) in [5, 5.41) is 24.6. The van der Waals surface area contributed by atoms with Crippen molar-refractivity contribution in [1.29, 1.82) is 0 Å². The lowest BCUT2D eigenvalue weighted by Crippen LogP contribution is -2.23. The molecule has 5 nitrogen and oxygen atoms in total. The summed E-state index contributed by atoms with van der Waals surface area (Å²) in [6, 6.07) is 12.2. The first-order valence-electron chi connectivity index (χ1n) is 9.96. The normalized spacial score (nSPS) is 13.0. The maximum absolute atomic E-state index is 11.3. The number of anilines is 1. The van der Waals surface area contributed by atoms with Crippen LogP contribution < -0.4 is 14.4 Å². The largest absolute Gasteiger partial charge is 0.504 e. The second-order valence-electron chi connectivity index (χ2n) is 8.08. The van der Waals surface area contributed by atoms with Crippen LogP contribution in [-0.2, 0) is 6.54 Å². The first-order valence-corrected chi connectivity index (χ1v) is 9.96. The summed E-state index contributed by atoms with van der Waals surface area (Å²) in [5.74, 6) is 0.413. The molecule has 0 unspecified atom stereocenters. The highest BCUT2D eigenvalue weighted by molar-refractivity contribution is 6.05. The number of hydrogen-bond donors (Lipinski definition) is 2. The highest BCUT2D eigenvalue weighted by atomic mass is 16.5. The molecule has 1 heterocycles. The van der Waals surface area contributed by atoms with Gasteiger partial charge in [0.1, 0.15) is 0 Å². The molecule has 152 valence electrons. The molecule has 0 atom stereocenters. The lowest BCUT2D eigenvalue weighted by molar-refractivity contribution is 0.186. The van der Waals surface area contributed by atoms with Crippen LogP contribution in [0.4, 0.5) is 5.69 Å². The number of phenols is 2. The van der Waals surface area contributed by atoms with E-state index in [1.54, 1.807) is 0 Å². The van der Waals surface area contributed by atoms with E-state index in [2.05, 4.69) is 17.0 Å². The monoisotopic (exact) mass is 393 g/mol. The number of benzene rings is 3. The first kappa shape index (κ1) is 19.2. The SMILES string of the molecule is CC(C)Oc1c(O)c2c(c(O)c1OC(C)C)-c1ccc3ccccc3c1N(C)C2. The van der Waals surface area contributed by atoms with Gasteiger partial charge < -0.3 is 24.6 Å². The van der Waals surface area contributed by atoms with Crippen molar-refractivity contribution >= 4 is 16.5 Å². The zero-order chi connectivity index (χ0) is 20.9. The third-order valence-electron chi connectivity index (χ3n) is 5.11. The van der Waals surface area contributed by atoms with Crippen LogP contribution in [0.2, 0.25) is 0 Å². The third-order valence-corrected chi connectivity index (χ3v) is 5.11. The number of nitrogens with zero attached hydrogens (tertiary/aromatic N) is 1. The predicted molar refractivity (Wildman–Crippen MR) is 116 cm³/mol. The van der Waals surface area contributed by atoms with Gasteiger partial charge in [-0.25, -0.2) is 0 Å². The van der Waals surface area contributed by atoms with Crippen molar-refractivity contribution in [1.82, 2.24) is 0 Å². The van der Waals surface area contributed by atoms with Gasteiger partial charge in [-0.2, -0.15) is 0 Å². The molecule has 29 heavy (non-hydrogen) atoms. The van der Waals surface area contributed by atoms with Crippen LogP contribution in [0.3, 0.4) is 0 Å². The van der Waals surface area contributed by atoms with Gasteiger partial charge in [0.05, 0.1) is 17.9 Å². The second-order valence-corrected chi connectivity index (χ2v) is 8.08. The standard InChI is InChI=1S/C24H27NO4/c1-13(2)28-23-21(26)18-12-25(5)20-16-9-7-6-8-15(16)10-11-17(20)19(18)22(27)24(23)29-14(3)4/h6-11,13-14,26-27H,12H2,1-5H3. The van der Waals surface area contributed by atoms with Crippen molar-refractivity contribution in [2.45, 2.75) is 46.4 Å². The molecular weight excluding hydrogens is 366 g/mol. The van der Waals surface area contributed by atoms with E-state index < -0.39 is 0 Å². The summed E-state index contributed by atoms with van der Waals surface area (Å²) < 4.78 is 11.8. The lowest BCUT2D eigenvalue weighted by atomic mass is 9.88. The summed E-state index contributed by atoms with van der Waals surface area (Å²) in [4.78, 5) is 2.10. The molecule has 0 bridgehead atoms. The molecular formula is C24H27NO4. The number of hydrogen-bond acceptors (Lipinski definition) is 5. The van der Waals surface area contributed by atoms with Crippen molar-refractivity contribution in [3.8, 4) is 34.1 Å². The van der Waals surface area contributed by atoms with E-state index in [1.807, 2.05) is 59.0 Å². The topological polar surface area (TPSA) is 62.2 Å². The molecule has 2 N–H and O–H groups in total. The van der Waals surface area contributed by atoms with E-state index in [0.717, 1.165) is 22.0 Å². The Morgan fingerprint density at radius 1 is 0.862 bits per heavy atom. The van der Waals surface area contributed by atoms with Crippen LogP contribution in [0.15, 0.2) is 36.4 Å². The number of ether oxygens (including phenoxy) is 2. The van der Waals surface area contributed by atoms with Gasteiger partial charge in [-0.15, -0.1) is 0 Å². The minimum atomic E-state index is -0.185. The number of fused-ring (bicyclic) bond motifs is 5. The number of phenolic OH excluding ortho intramolecular Hbond substituents is 2. The Hall–Kier alpha value is -3.08. The average molecular weight is 393 g/mol. The van der Waals surface area contributed by atoms with Gasteiger partial charge in [-0.05, 0) is 33.1 Å². The summed E-state index contributed by atoms with van der Waals surface area (Å²) in [5.41, 5.74) is 3.14. The molecule has 4 rings (SSSR count). The van der Waals surface area contributed by atoms with Crippen LogP contribution in [0, 0.1) is 0 Å². The fourth-order valence-corrected chi connectivity index (χ4v) is 4.05. The molecule has 0 aliphatic carbocycles. The van der Waals surface area contributed by atoms with E-state index in [4.69, 9.17) is 9.47 Å². The smallest absolute Gasteiger partial charge is 0.208 e. The second kappa shape index (κ2) is 7.07. The van der Waals surface area contributed by atoms with Gasteiger partial charge in [0.2, 0.25) is 11.5 Å². The van der Waals surface area contributed by atoms with Crippen LogP contribution in [0.1, 0.15) is 33.3 Å². The molecule has 1 aliphatic heterocycles. The maximum atomic E-state index is 11.3. The summed E-state index contributed by atoms with van der Waals surface area (Å²) in [6.45, 7) is 7.96. The Balaban J connectivity index is 2.05. The van der Waals surface area contributed by atoms with Gasteiger partial charge in [-0.3, -0.25) is 0 Å². The molecule has 0 saturated carbocycles. The van der Waals surface area contributed by atoms with Gasteiger partial charge >= 0.3 is 0 Å². The summed E-state index contributed by atoms with van der Waals surface area (Å²) in [7, 11) is 1.99. The Bertz CT molecular complexity index is 1090. The Morgan fingerprint density at radius 2 is 1.48 bits per heavy atom. The minimum Gasteiger partial charge on any atom is -0.504 e. The molecule has 5 heteroatoms. The quantitative estimate of drug-likeness (QED) is 0.578. The van der Waals surface area contributed by atoms with E-state index in [-0.39, 0.29) is 35.2 Å². The fourth-order valence-electron chi connectivity index (χ4n) is 4.05. The Morgan fingerprint density at radius 3 is 2.14 bits per heavy atom. The van der Waals surface area contributed by atoms with Crippen LogP contribution in [0.5, 0.6) is 23.0 Å². The van der Waals surface area contributed by atoms with Gasteiger partial charge in [0, 0.05) is 35.7 Å². The molecule has 0 radical (unpaired) electrons. The van der Waals surface area contributed by atoms with Crippen LogP contribution in [-0.4, -0.2) is 29.5 Å². The molecule has 1 aliphatic rings. The van der Waals surface area contributed by atoms with E-state index >= 15 is 0 Å². The highest BCUT2D eigenvalue weighted by Gasteiger charge is 2.33. The summed E-state index contributed by atoms with van der Waals surface area (Å²) in [6.07, 6.45) is -0.361.